The Balaban J connectivity index is 2.33. The van der Waals surface area contributed by atoms with Crippen LogP contribution >= 0.6 is 11.3 Å². The Morgan fingerprint density at radius 3 is 2.75 bits per heavy atom. The molecule has 0 atom stereocenters. The lowest BCUT2D eigenvalue weighted by atomic mass is 10.1. The van der Waals surface area contributed by atoms with Gasteiger partial charge < -0.3 is 10.2 Å². The van der Waals surface area contributed by atoms with Gasteiger partial charge in [-0.25, -0.2) is 4.99 Å². The van der Waals surface area contributed by atoms with Gasteiger partial charge >= 0.3 is 5.88 Å². The maximum absolute atomic E-state index is 11.4. The van der Waals surface area contributed by atoms with Crippen LogP contribution in [0.4, 0.5) is 10.9 Å². The second kappa shape index (κ2) is 5.25. The molecular weight excluding hydrogens is 282 g/mol. The summed E-state index contributed by atoms with van der Waals surface area (Å²) in [4.78, 5) is 26.3. The number of primary amides is 1. The highest BCUT2D eigenvalue weighted by Gasteiger charge is 2.17. The van der Waals surface area contributed by atoms with Crippen LogP contribution in [0.2, 0.25) is 0 Å². The number of rotatable bonds is 4. The molecule has 2 aromatic rings. The van der Waals surface area contributed by atoms with Crippen LogP contribution in [-0.4, -0.2) is 17.0 Å². The van der Waals surface area contributed by atoms with E-state index in [9.17, 15) is 14.9 Å². The molecule has 8 heteroatoms. The number of carbonyl (C=O) groups is 1. The topological polar surface area (TPSA) is 112 Å². The summed E-state index contributed by atoms with van der Waals surface area (Å²) in [5.41, 5.74) is 6.48. The smallest absolute Gasteiger partial charge is 0.400 e. The average molecular weight is 293 g/mol. The van der Waals surface area contributed by atoms with Crippen molar-refractivity contribution < 1.29 is 14.1 Å². The minimum Gasteiger partial charge on any atom is -0.400 e. The van der Waals surface area contributed by atoms with Crippen molar-refractivity contribution in [3.63, 3.8) is 0 Å². The van der Waals surface area contributed by atoms with Crippen LogP contribution in [0.1, 0.15) is 26.6 Å². The third-order valence-corrected chi connectivity index (χ3v) is 3.83. The number of nitrogens with zero attached hydrogens (tertiary/aromatic N) is 2. The summed E-state index contributed by atoms with van der Waals surface area (Å²) >= 11 is 1.33. The van der Waals surface area contributed by atoms with Crippen LogP contribution in [0.3, 0.4) is 0 Å². The molecule has 7 nitrogen and oxygen atoms in total. The van der Waals surface area contributed by atoms with Crippen LogP contribution in [0.15, 0.2) is 21.5 Å². The van der Waals surface area contributed by atoms with E-state index in [2.05, 4.69) is 4.99 Å². The quantitative estimate of drug-likeness (QED) is 0.530. The maximum atomic E-state index is 11.4. The van der Waals surface area contributed by atoms with Crippen LogP contribution < -0.4 is 5.73 Å². The minimum absolute atomic E-state index is 0.232. The van der Waals surface area contributed by atoms with Gasteiger partial charge in [-0.3, -0.25) is 14.9 Å². The summed E-state index contributed by atoms with van der Waals surface area (Å²) in [6.45, 7) is 3.66. The van der Waals surface area contributed by atoms with Crippen LogP contribution in [-0.2, 0) is 0 Å². The van der Waals surface area contributed by atoms with Crippen molar-refractivity contribution in [2.75, 3.05) is 0 Å². The largest absolute Gasteiger partial charge is 0.433 e. The fraction of sp³-hybridized carbons (Fsp3) is 0.167. The molecule has 0 unspecified atom stereocenters. The fourth-order valence-electron chi connectivity index (χ4n) is 1.62. The normalized spacial score (nSPS) is 11.1. The van der Waals surface area contributed by atoms with E-state index in [1.165, 1.54) is 29.7 Å². The van der Waals surface area contributed by atoms with E-state index in [1.807, 2.05) is 6.92 Å². The number of nitro groups is 1. The standard InChI is InChI=1S/C12H11N3O4S/c1-6-7(2)20-12(10(6)11(13)16)14-5-8-3-4-9(19-8)15(17)18/h3-5H,1-2H3,(H2,13,16). The number of thiophene rings is 1. The van der Waals surface area contributed by atoms with Crippen LogP contribution in [0, 0.1) is 24.0 Å². The summed E-state index contributed by atoms with van der Waals surface area (Å²) in [6, 6.07) is 2.67. The fourth-order valence-corrected chi connectivity index (χ4v) is 2.63. The molecule has 2 rings (SSSR count). The van der Waals surface area contributed by atoms with E-state index in [0.717, 1.165) is 10.4 Å². The second-order valence-corrected chi connectivity index (χ2v) is 5.22. The van der Waals surface area contributed by atoms with Crippen molar-refractivity contribution in [3.05, 3.63) is 44.0 Å². The molecule has 0 saturated carbocycles. The lowest BCUT2D eigenvalue weighted by molar-refractivity contribution is -0.402. The van der Waals surface area contributed by atoms with Gasteiger partial charge in [0.25, 0.3) is 5.91 Å². The Morgan fingerprint density at radius 1 is 1.50 bits per heavy atom. The molecule has 2 heterocycles. The number of aryl methyl sites for hydroxylation is 1. The molecule has 0 saturated heterocycles. The van der Waals surface area contributed by atoms with Gasteiger partial charge in [0.1, 0.15) is 9.92 Å². The molecule has 0 fully saturated rings. The summed E-state index contributed by atoms with van der Waals surface area (Å²) in [7, 11) is 0. The molecule has 20 heavy (non-hydrogen) atoms. The number of hydrogen-bond donors (Lipinski definition) is 1. The number of nitrogens with two attached hydrogens (primary N) is 1. The molecule has 1 amide bonds. The van der Waals surface area contributed by atoms with Crippen LogP contribution in [0.5, 0.6) is 0 Å². The highest BCUT2D eigenvalue weighted by Crippen LogP contribution is 2.34. The molecule has 0 aromatic carbocycles. The van der Waals surface area contributed by atoms with E-state index in [-0.39, 0.29) is 11.6 Å². The predicted molar refractivity (Wildman–Crippen MR) is 74.9 cm³/mol. The van der Waals surface area contributed by atoms with Gasteiger partial charge in [-0.05, 0) is 25.5 Å². The summed E-state index contributed by atoms with van der Waals surface area (Å²) in [5.74, 6) is -0.680. The molecule has 104 valence electrons. The molecule has 0 aliphatic heterocycles. The van der Waals surface area contributed by atoms with Gasteiger partial charge in [0.15, 0.2) is 5.76 Å². The SMILES string of the molecule is Cc1sc(N=Cc2ccc([N+](=O)[O-])o2)c(C(N)=O)c1C. The van der Waals surface area contributed by atoms with E-state index >= 15 is 0 Å². The van der Waals surface area contributed by atoms with Gasteiger partial charge in [-0.1, -0.05) is 0 Å². The van der Waals surface area contributed by atoms with Gasteiger partial charge in [-0.15, -0.1) is 11.3 Å². The first kappa shape index (κ1) is 13.9. The Labute approximate surface area is 117 Å². The lowest BCUT2D eigenvalue weighted by Crippen LogP contribution is -2.11. The van der Waals surface area contributed by atoms with Crippen molar-refractivity contribution in [3.8, 4) is 0 Å². The molecule has 0 bridgehead atoms. The first-order valence-corrected chi connectivity index (χ1v) is 6.40. The molecule has 2 aromatic heterocycles. The van der Waals surface area contributed by atoms with Gasteiger partial charge in [0.05, 0.1) is 17.8 Å². The summed E-state index contributed by atoms with van der Waals surface area (Å²) < 4.78 is 4.94. The van der Waals surface area contributed by atoms with E-state index < -0.39 is 10.8 Å². The van der Waals surface area contributed by atoms with Gasteiger partial charge in [0.2, 0.25) is 0 Å². The Bertz CT molecular complexity index is 714. The third kappa shape index (κ3) is 2.59. The highest BCUT2D eigenvalue weighted by molar-refractivity contribution is 7.16. The molecule has 2 N–H and O–H groups in total. The number of amides is 1. The number of aliphatic imine (C=N–C) groups is 1. The first-order chi connectivity index (χ1) is 9.40. The molecular formula is C12H11N3O4S. The Morgan fingerprint density at radius 2 is 2.20 bits per heavy atom. The van der Waals surface area contributed by atoms with E-state index in [1.54, 1.807) is 6.92 Å². The van der Waals surface area contributed by atoms with Gasteiger partial charge in [0, 0.05) is 4.88 Å². The second-order valence-electron chi connectivity index (χ2n) is 4.02. The molecule has 0 spiro atoms. The minimum atomic E-state index is -0.633. The number of furan rings is 1. The lowest BCUT2D eigenvalue weighted by Gasteiger charge is -1.95. The average Bonchev–Trinajstić information content (AvgIpc) is 2.93. The Hall–Kier alpha value is -2.48. The van der Waals surface area contributed by atoms with Crippen molar-refractivity contribution >= 4 is 34.3 Å². The monoisotopic (exact) mass is 293 g/mol. The summed E-state index contributed by atoms with van der Waals surface area (Å²) in [6.07, 6.45) is 1.32. The zero-order chi connectivity index (χ0) is 14.9. The van der Waals surface area contributed by atoms with Gasteiger partial charge in [-0.2, -0.15) is 0 Å². The third-order valence-electron chi connectivity index (χ3n) is 2.71. The van der Waals surface area contributed by atoms with E-state index in [0.29, 0.717) is 10.6 Å². The van der Waals surface area contributed by atoms with Crippen molar-refractivity contribution in [2.45, 2.75) is 13.8 Å². The molecule has 0 aliphatic rings. The van der Waals surface area contributed by atoms with E-state index in [4.69, 9.17) is 10.2 Å². The molecule has 0 aliphatic carbocycles. The van der Waals surface area contributed by atoms with Crippen molar-refractivity contribution in [1.82, 2.24) is 0 Å². The Kier molecular flexibility index (Phi) is 3.66. The summed E-state index contributed by atoms with van der Waals surface area (Å²) in [5, 5.41) is 11.0. The van der Waals surface area contributed by atoms with Crippen LogP contribution in [0.25, 0.3) is 0 Å². The van der Waals surface area contributed by atoms with Crippen molar-refractivity contribution in [2.24, 2.45) is 10.7 Å². The number of carbonyl (C=O) groups excluding carboxylic acids is 1. The first-order valence-electron chi connectivity index (χ1n) is 5.58. The predicted octanol–water partition coefficient (Wildman–Crippen LogP) is 2.72. The van der Waals surface area contributed by atoms with Crippen molar-refractivity contribution in [1.29, 1.82) is 0 Å². The highest BCUT2D eigenvalue weighted by atomic mass is 32.1. The number of hydrogen-bond acceptors (Lipinski definition) is 6. The maximum Gasteiger partial charge on any atom is 0.433 e. The zero-order valence-electron chi connectivity index (χ0n) is 10.7. The zero-order valence-corrected chi connectivity index (χ0v) is 11.6. The molecule has 0 radical (unpaired) electrons.